The van der Waals surface area contributed by atoms with E-state index in [2.05, 4.69) is 10.5 Å². The summed E-state index contributed by atoms with van der Waals surface area (Å²) < 4.78 is 38.8. The van der Waals surface area contributed by atoms with Crippen molar-refractivity contribution in [2.24, 2.45) is 5.10 Å². The minimum absolute atomic E-state index is 0.0218. The highest BCUT2D eigenvalue weighted by atomic mass is 35.5. The van der Waals surface area contributed by atoms with Crippen molar-refractivity contribution in [2.75, 3.05) is 17.1 Å². The van der Waals surface area contributed by atoms with E-state index in [0.717, 1.165) is 27.9 Å². The van der Waals surface area contributed by atoms with E-state index in [1.165, 1.54) is 18.2 Å². The molecule has 0 saturated carbocycles. The number of halogens is 2. The number of sulfonamides is 1. The molecule has 0 heterocycles. The molecule has 6 nitrogen and oxygen atoms in total. The zero-order chi connectivity index (χ0) is 20.2. The van der Waals surface area contributed by atoms with Gasteiger partial charge in [-0.05, 0) is 49.2 Å². The molecular weight excluding hydrogens is 393 g/mol. The molecule has 2 aromatic carbocycles. The number of aryl methyl sites for hydroxylation is 2. The van der Waals surface area contributed by atoms with Crippen LogP contribution in [-0.4, -0.2) is 33.3 Å². The van der Waals surface area contributed by atoms with Crippen molar-refractivity contribution in [3.63, 3.8) is 0 Å². The first-order chi connectivity index (χ1) is 12.6. The Bertz CT molecular complexity index is 973. The highest BCUT2D eigenvalue weighted by Crippen LogP contribution is 2.21. The zero-order valence-corrected chi connectivity index (χ0v) is 16.6. The van der Waals surface area contributed by atoms with Crippen molar-refractivity contribution in [2.45, 2.75) is 13.8 Å². The van der Waals surface area contributed by atoms with Crippen molar-refractivity contribution in [3.8, 4) is 0 Å². The van der Waals surface area contributed by atoms with Gasteiger partial charge < -0.3 is 0 Å². The molecule has 0 radical (unpaired) electrons. The van der Waals surface area contributed by atoms with Crippen molar-refractivity contribution in [1.82, 2.24) is 5.43 Å². The number of rotatable bonds is 6. The van der Waals surface area contributed by atoms with Gasteiger partial charge in [0.25, 0.3) is 5.91 Å². The molecule has 9 heteroatoms. The Morgan fingerprint density at radius 3 is 2.56 bits per heavy atom. The second-order valence-electron chi connectivity index (χ2n) is 5.97. The fourth-order valence-electron chi connectivity index (χ4n) is 2.25. The number of carbonyl (C=O) groups excluding carboxylic acids is 1. The zero-order valence-electron chi connectivity index (χ0n) is 15.0. The molecule has 27 heavy (non-hydrogen) atoms. The number of anilines is 1. The van der Waals surface area contributed by atoms with Crippen LogP contribution in [0.1, 0.15) is 16.7 Å². The molecule has 1 N–H and O–H groups in total. The summed E-state index contributed by atoms with van der Waals surface area (Å²) in [6, 6.07) is 9.23. The number of benzene rings is 2. The van der Waals surface area contributed by atoms with Crippen LogP contribution in [0.15, 0.2) is 41.5 Å². The van der Waals surface area contributed by atoms with Gasteiger partial charge in [0, 0.05) is 5.56 Å². The topological polar surface area (TPSA) is 78.8 Å². The Labute approximate surface area is 162 Å². The summed E-state index contributed by atoms with van der Waals surface area (Å²) in [6.07, 6.45) is 2.08. The molecule has 0 unspecified atom stereocenters. The Morgan fingerprint density at radius 2 is 1.96 bits per heavy atom. The number of hydrogen-bond donors (Lipinski definition) is 1. The molecule has 2 aromatic rings. The summed E-state index contributed by atoms with van der Waals surface area (Å²) in [5.74, 6) is -1.27. The third-order valence-electron chi connectivity index (χ3n) is 3.85. The van der Waals surface area contributed by atoms with E-state index in [4.69, 9.17) is 11.6 Å². The number of hydrazone groups is 1. The van der Waals surface area contributed by atoms with Gasteiger partial charge in [-0.15, -0.1) is 0 Å². The Balaban J connectivity index is 2.15. The molecule has 0 saturated heterocycles. The van der Waals surface area contributed by atoms with Crippen LogP contribution in [0.25, 0.3) is 0 Å². The van der Waals surface area contributed by atoms with Crippen LogP contribution >= 0.6 is 11.6 Å². The predicted molar refractivity (Wildman–Crippen MR) is 105 cm³/mol. The molecule has 144 valence electrons. The molecule has 2 rings (SSSR count). The highest BCUT2D eigenvalue weighted by molar-refractivity contribution is 7.92. The van der Waals surface area contributed by atoms with Crippen molar-refractivity contribution in [1.29, 1.82) is 0 Å². The minimum Gasteiger partial charge on any atom is -0.271 e. The predicted octanol–water partition coefficient (Wildman–Crippen LogP) is 3.01. The fourth-order valence-corrected chi connectivity index (χ4v) is 3.31. The summed E-state index contributed by atoms with van der Waals surface area (Å²) >= 11 is 5.87. The highest BCUT2D eigenvalue weighted by Gasteiger charge is 2.21. The molecule has 0 bridgehead atoms. The maximum atomic E-state index is 13.7. The van der Waals surface area contributed by atoms with E-state index in [1.54, 1.807) is 18.2 Å². The summed E-state index contributed by atoms with van der Waals surface area (Å²) in [6.45, 7) is 3.28. The lowest BCUT2D eigenvalue weighted by atomic mass is 10.1. The number of hydrogen-bond acceptors (Lipinski definition) is 4. The molecular formula is C18H19ClFN3O3S. The smallest absolute Gasteiger partial charge is 0.260 e. The molecule has 0 atom stereocenters. The van der Waals surface area contributed by atoms with Crippen LogP contribution in [0.5, 0.6) is 0 Å². The van der Waals surface area contributed by atoms with Gasteiger partial charge in [0.15, 0.2) is 0 Å². The van der Waals surface area contributed by atoms with E-state index in [-0.39, 0.29) is 10.6 Å². The summed E-state index contributed by atoms with van der Waals surface area (Å²) in [7, 11) is -3.69. The second kappa shape index (κ2) is 8.49. The molecule has 0 aliphatic heterocycles. The molecule has 1 amide bonds. The maximum absolute atomic E-state index is 13.7. The quantitative estimate of drug-likeness (QED) is 0.586. The molecule has 0 aromatic heterocycles. The first kappa shape index (κ1) is 20.9. The Morgan fingerprint density at radius 1 is 1.26 bits per heavy atom. The molecule has 0 fully saturated rings. The lowest BCUT2D eigenvalue weighted by molar-refractivity contribution is -0.119. The lowest BCUT2D eigenvalue weighted by Crippen LogP contribution is -2.39. The van der Waals surface area contributed by atoms with Crippen LogP contribution < -0.4 is 9.73 Å². The molecule has 0 aliphatic rings. The molecule has 0 aliphatic carbocycles. The third-order valence-corrected chi connectivity index (χ3v) is 5.32. The maximum Gasteiger partial charge on any atom is 0.260 e. The van der Waals surface area contributed by atoms with E-state index in [1.807, 2.05) is 13.8 Å². The van der Waals surface area contributed by atoms with Gasteiger partial charge in [0.1, 0.15) is 12.4 Å². The van der Waals surface area contributed by atoms with Gasteiger partial charge in [-0.3, -0.25) is 9.10 Å². The summed E-state index contributed by atoms with van der Waals surface area (Å²) in [5.41, 5.74) is 4.48. The van der Waals surface area contributed by atoms with Gasteiger partial charge in [-0.1, -0.05) is 23.7 Å². The van der Waals surface area contributed by atoms with Gasteiger partial charge in [0.2, 0.25) is 10.0 Å². The number of carbonyl (C=O) groups is 1. The van der Waals surface area contributed by atoms with Crippen molar-refractivity contribution < 1.29 is 17.6 Å². The van der Waals surface area contributed by atoms with Gasteiger partial charge in [0.05, 0.1) is 23.2 Å². The fraction of sp³-hybridized carbons (Fsp3) is 0.222. The van der Waals surface area contributed by atoms with Crippen LogP contribution in [0.4, 0.5) is 10.1 Å². The van der Waals surface area contributed by atoms with Gasteiger partial charge in [-0.2, -0.15) is 5.10 Å². The largest absolute Gasteiger partial charge is 0.271 e. The second-order valence-corrected chi connectivity index (χ2v) is 8.28. The standard InChI is InChI=1S/C18H19ClFN3O3S/c1-12-7-8-14(9-13(12)2)23(27(3,25)26)11-18(24)22-21-10-15-16(19)5-4-6-17(15)20/h4-10H,11H2,1-3H3,(H,22,24)/b21-10-. The van der Waals surface area contributed by atoms with Crippen LogP contribution in [-0.2, 0) is 14.8 Å². The van der Waals surface area contributed by atoms with Crippen LogP contribution in [0.2, 0.25) is 5.02 Å². The lowest BCUT2D eigenvalue weighted by Gasteiger charge is -2.22. The first-order valence-electron chi connectivity index (χ1n) is 7.90. The number of nitrogens with zero attached hydrogens (tertiary/aromatic N) is 2. The number of nitrogens with one attached hydrogen (secondary N) is 1. The van der Waals surface area contributed by atoms with Gasteiger partial charge in [-0.25, -0.2) is 18.2 Å². The Hall–Kier alpha value is -2.45. The Kier molecular flexibility index (Phi) is 6.56. The minimum atomic E-state index is -3.69. The van der Waals surface area contributed by atoms with E-state index in [9.17, 15) is 17.6 Å². The SMILES string of the molecule is Cc1ccc(N(CC(=O)N/N=C\c2c(F)cccc2Cl)S(C)(=O)=O)cc1C. The van der Waals surface area contributed by atoms with Crippen LogP contribution in [0, 0.1) is 19.7 Å². The molecule has 0 spiro atoms. The van der Waals surface area contributed by atoms with Crippen LogP contribution in [0.3, 0.4) is 0 Å². The summed E-state index contributed by atoms with van der Waals surface area (Å²) in [4.78, 5) is 12.1. The average Bonchev–Trinajstić information content (AvgIpc) is 2.57. The normalized spacial score (nSPS) is 11.6. The van der Waals surface area contributed by atoms with Crippen molar-refractivity contribution in [3.05, 3.63) is 63.9 Å². The van der Waals surface area contributed by atoms with Gasteiger partial charge >= 0.3 is 0 Å². The van der Waals surface area contributed by atoms with E-state index in [0.29, 0.717) is 5.69 Å². The van der Waals surface area contributed by atoms with Crippen molar-refractivity contribution >= 4 is 39.4 Å². The monoisotopic (exact) mass is 411 g/mol. The first-order valence-corrected chi connectivity index (χ1v) is 10.1. The average molecular weight is 412 g/mol. The van der Waals surface area contributed by atoms with E-state index >= 15 is 0 Å². The number of amides is 1. The third kappa shape index (κ3) is 5.51. The van der Waals surface area contributed by atoms with E-state index < -0.39 is 28.3 Å². The summed E-state index contributed by atoms with van der Waals surface area (Å²) in [5, 5.41) is 3.79.